The number of hydrazone groups is 1. The standard InChI is InChI=1S/C22H17ClF2N2O2/c1-14-11-17(9-10-19(14)23)29-13-15-5-7-16(8-6-15)22(28)27-26-12-18-20(24)3-2-4-21(18)25/h2-12H,13H2,1H3,(H,27,28)/b26-12-. The van der Waals surface area contributed by atoms with Gasteiger partial charge < -0.3 is 4.74 Å². The molecule has 0 radical (unpaired) electrons. The van der Waals surface area contributed by atoms with Crippen LogP contribution in [0.25, 0.3) is 0 Å². The Hall–Kier alpha value is -3.25. The van der Waals surface area contributed by atoms with E-state index in [-0.39, 0.29) is 5.56 Å². The van der Waals surface area contributed by atoms with Gasteiger partial charge in [-0.25, -0.2) is 14.2 Å². The Labute approximate surface area is 171 Å². The number of benzene rings is 3. The number of halogens is 3. The maximum absolute atomic E-state index is 13.5. The summed E-state index contributed by atoms with van der Waals surface area (Å²) < 4.78 is 32.7. The van der Waals surface area contributed by atoms with Gasteiger partial charge in [0.25, 0.3) is 5.91 Å². The summed E-state index contributed by atoms with van der Waals surface area (Å²) in [6.07, 6.45) is 0.929. The Bertz CT molecular complexity index is 1030. The molecule has 0 saturated heterocycles. The van der Waals surface area contributed by atoms with E-state index >= 15 is 0 Å². The first-order valence-corrected chi connectivity index (χ1v) is 9.07. The van der Waals surface area contributed by atoms with E-state index in [1.54, 1.807) is 36.4 Å². The van der Waals surface area contributed by atoms with Crippen LogP contribution in [-0.4, -0.2) is 12.1 Å². The third kappa shape index (κ3) is 5.39. The number of hydrogen-bond acceptors (Lipinski definition) is 3. The number of ether oxygens (including phenoxy) is 1. The van der Waals surface area contributed by atoms with E-state index in [1.165, 1.54) is 6.07 Å². The van der Waals surface area contributed by atoms with E-state index < -0.39 is 17.5 Å². The second-order valence-electron chi connectivity index (χ2n) is 6.23. The molecule has 0 saturated carbocycles. The van der Waals surface area contributed by atoms with Crippen molar-refractivity contribution in [3.63, 3.8) is 0 Å². The largest absolute Gasteiger partial charge is 0.489 e. The SMILES string of the molecule is Cc1cc(OCc2ccc(C(=O)N/N=C\c3c(F)cccc3F)cc2)ccc1Cl. The zero-order valence-corrected chi connectivity index (χ0v) is 16.2. The van der Waals surface area contributed by atoms with Crippen molar-refractivity contribution in [3.05, 3.63) is 99.6 Å². The quantitative estimate of drug-likeness (QED) is 0.441. The van der Waals surface area contributed by atoms with Gasteiger partial charge >= 0.3 is 0 Å². The third-order valence-electron chi connectivity index (χ3n) is 4.11. The summed E-state index contributed by atoms with van der Waals surface area (Å²) in [5.74, 6) is -1.33. The molecule has 0 atom stereocenters. The van der Waals surface area contributed by atoms with Crippen molar-refractivity contribution in [3.8, 4) is 5.75 Å². The number of carbonyl (C=O) groups is 1. The average Bonchev–Trinajstić information content (AvgIpc) is 2.71. The van der Waals surface area contributed by atoms with Crippen LogP contribution in [-0.2, 0) is 6.61 Å². The van der Waals surface area contributed by atoms with Crippen molar-refractivity contribution in [1.82, 2.24) is 5.43 Å². The lowest BCUT2D eigenvalue weighted by molar-refractivity contribution is 0.0955. The minimum absolute atomic E-state index is 0.322. The minimum atomic E-state index is -0.761. The first-order chi connectivity index (χ1) is 13.9. The molecule has 0 aliphatic carbocycles. The third-order valence-corrected chi connectivity index (χ3v) is 4.53. The van der Waals surface area contributed by atoms with Crippen LogP contribution in [0.1, 0.15) is 27.0 Å². The van der Waals surface area contributed by atoms with Gasteiger partial charge in [0.05, 0.1) is 11.8 Å². The highest BCUT2D eigenvalue weighted by Crippen LogP contribution is 2.22. The monoisotopic (exact) mass is 414 g/mol. The first kappa shape index (κ1) is 20.5. The number of carbonyl (C=O) groups excluding carboxylic acids is 1. The van der Waals surface area contributed by atoms with Gasteiger partial charge in [-0.2, -0.15) is 5.10 Å². The number of nitrogens with one attached hydrogen (secondary N) is 1. The normalized spacial score (nSPS) is 10.9. The van der Waals surface area contributed by atoms with Gasteiger partial charge in [0.2, 0.25) is 0 Å². The van der Waals surface area contributed by atoms with Crippen LogP contribution in [0.2, 0.25) is 5.02 Å². The van der Waals surface area contributed by atoms with Gasteiger partial charge in [-0.05, 0) is 60.5 Å². The molecule has 0 bridgehead atoms. The lowest BCUT2D eigenvalue weighted by Gasteiger charge is -2.08. The van der Waals surface area contributed by atoms with Crippen LogP contribution in [0, 0.1) is 18.6 Å². The van der Waals surface area contributed by atoms with E-state index in [0.717, 1.165) is 29.5 Å². The van der Waals surface area contributed by atoms with Crippen LogP contribution in [0.15, 0.2) is 65.8 Å². The number of nitrogens with zero attached hydrogens (tertiary/aromatic N) is 1. The van der Waals surface area contributed by atoms with Crippen LogP contribution in [0.5, 0.6) is 5.75 Å². The van der Waals surface area contributed by atoms with Gasteiger partial charge in [0, 0.05) is 10.6 Å². The zero-order chi connectivity index (χ0) is 20.8. The molecule has 0 aliphatic heterocycles. The summed E-state index contributed by atoms with van der Waals surface area (Å²) in [5, 5.41) is 4.29. The summed E-state index contributed by atoms with van der Waals surface area (Å²) in [7, 11) is 0. The highest BCUT2D eigenvalue weighted by Gasteiger charge is 2.07. The van der Waals surface area contributed by atoms with Crippen LogP contribution in [0.4, 0.5) is 8.78 Å². The summed E-state index contributed by atoms with van der Waals surface area (Å²) in [4.78, 5) is 12.1. The molecule has 0 heterocycles. The van der Waals surface area contributed by atoms with Gasteiger partial charge in [0.15, 0.2) is 0 Å². The van der Waals surface area contributed by atoms with Crippen molar-refractivity contribution in [2.45, 2.75) is 13.5 Å². The molecule has 7 heteroatoms. The summed E-state index contributed by atoms with van der Waals surface area (Å²) in [6.45, 7) is 2.22. The molecule has 3 rings (SSSR count). The fraction of sp³-hybridized carbons (Fsp3) is 0.0909. The van der Waals surface area contributed by atoms with E-state index in [0.29, 0.717) is 22.9 Å². The second kappa shape index (κ2) is 9.30. The van der Waals surface area contributed by atoms with Gasteiger partial charge in [0.1, 0.15) is 24.0 Å². The van der Waals surface area contributed by atoms with E-state index in [2.05, 4.69) is 10.5 Å². The molecule has 0 fully saturated rings. The molecule has 1 amide bonds. The zero-order valence-electron chi connectivity index (χ0n) is 15.5. The smallest absolute Gasteiger partial charge is 0.271 e. The topological polar surface area (TPSA) is 50.7 Å². The van der Waals surface area contributed by atoms with Crippen molar-refractivity contribution in [2.75, 3.05) is 0 Å². The Balaban J connectivity index is 1.57. The molecular formula is C22H17ClF2N2O2. The van der Waals surface area contributed by atoms with E-state index in [9.17, 15) is 13.6 Å². The van der Waals surface area contributed by atoms with E-state index in [1.807, 2.05) is 13.0 Å². The average molecular weight is 415 g/mol. The Morgan fingerprint density at radius 2 is 1.79 bits per heavy atom. The summed E-state index contributed by atoms with van der Waals surface area (Å²) >= 11 is 5.99. The molecule has 0 unspecified atom stereocenters. The molecule has 148 valence electrons. The van der Waals surface area contributed by atoms with Crippen LogP contribution in [0.3, 0.4) is 0 Å². The maximum Gasteiger partial charge on any atom is 0.271 e. The van der Waals surface area contributed by atoms with Gasteiger partial charge in [-0.1, -0.05) is 29.8 Å². The van der Waals surface area contributed by atoms with Crippen molar-refractivity contribution >= 4 is 23.7 Å². The Kier molecular flexibility index (Phi) is 6.57. The Morgan fingerprint density at radius 1 is 1.10 bits per heavy atom. The molecule has 4 nitrogen and oxygen atoms in total. The van der Waals surface area contributed by atoms with Crippen molar-refractivity contribution in [1.29, 1.82) is 0 Å². The fourth-order valence-corrected chi connectivity index (χ4v) is 2.60. The molecule has 3 aromatic carbocycles. The van der Waals surface area contributed by atoms with Gasteiger partial charge in [-0.15, -0.1) is 0 Å². The first-order valence-electron chi connectivity index (χ1n) is 8.69. The van der Waals surface area contributed by atoms with E-state index in [4.69, 9.17) is 16.3 Å². The highest BCUT2D eigenvalue weighted by molar-refractivity contribution is 6.31. The lowest BCUT2D eigenvalue weighted by atomic mass is 10.1. The number of aryl methyl sites for hydroxylation is 1. The molecular weight excluding hydrogens is 398 g/mol. The molecule has 29 heavy (non-hydrogen) atoms. The number of amides is 1. The predicted molar refractivity (Wildman–Crippen MR) is 108 cm³/mol. The fourth-order valence-electron chi connectivity index (χ4n) is 2.48. The molecule has 0 aliphatic rings. The van der Waals surface area contributed by atoms with Gasteiger partial charge in [-0.3, -0.25) is 4.79 Å². The molecule has 0 aromatic heterocycles. The second-order valence-corrected chi connectivity index (χ2v) is 6.64. The Morgan fingerprint density at radius 3 is 2.45 bits per heavy atom. The molecule has 0 spiro atoms. The molecule has 1 N–H and O–H groups in total. The summed E-state index contributed by atoms with van der Waals surface area (Å²) in [5.41, 5.74) is 4.06. The van der Waals surface area contributed by atoms with Crippen molar-refractivity contribution in [2.24, 2.45) is 5.10 Å². The van der Waals surface area contributed by atoms with Crippen molar-refractivity contribution < 1.29 is 18.3 Å². The summed E-state index contributed by atoms with van der Waals surface area (Å²) in [6, 6.07) is 15.6. The van der Waals surface area contributed by atoms with Crippen LogP contribution < -0.4 is 10.2 Å². The number of hydrogen-bond donors (Lipinski definition) is 1. The van der Waals surface area contributed by atoms with Crippen LogP contribution >= 0.6 is 11.6 Å². The molecule has 3 aromatic rings. The number of rotatable bonds is 6. The predicted octanol–water partition coefficient (Wildman–Crippen LogP) is 5.27. The minimum Gasteiger partial charge on any atom is -0.489 e. The highest BCUT2D eigenvalue weighted by atomic mass is 35.5. The maximum atomic E-state index is 13.5. The lowest BCUT2D eigenvalue weighted by Crippen LogP contribution is -2.17.